The first-order valence-electron chi connectivity index (χ1n) is 11.1. The fraction of sp³-hybridized carbons (Fsp3) is 0.385. The van der Waals surface area contributed by atoms with E-state index >= 15 is 0 Å². The van der Waals surface area contributed by atoms with Crippen molar-refractivity contribution in [3.8, 4) is 0 Å². The van der Waals surface area contributed by atoms with E-state index < -0.39 is 16.4 Å². The molecule has 0 N–H and O–H groups in total. The molecule has 2 aliphatic rings. The van der Waals surface area contributed by atoms with Crippen LogP contribution in [0.15, 0.2) is 60.7 Å². The van der Waals surface area contributed by atoms with E-state index in [1.165, 1.54) is 22.3 Å². The number of allylic oxidation sites excluding steroid dienone is 2. The second-order valence-electron chi connectivity index (χ2n) is 8.95. The first kappa shape index (κ1) is 21.6. The predicted octanol–water partition coefficient (Wildman–Crippen LogP) is 9.44. The van der Waals surface area contributed by atoms with Gasteiger partial charge in [0, 0.05) is 0 Å². The van der Waals surface area contributed by atoms with Gasteiger partial charge in [0.2, 0.25) is 0 Å². The minimum atomic E-state index is -3.62. The molecule has 29 heavy (non-hydrogen) atoms. The molecule has 0 aromatic heterocycles. The average molecular weight is 506 g/mol. The molecule has 2 aromatic carbocycles. The fourth-order valence-electron chi connectivity index (χ4n) is 5.04. The van der Waals surface area contributed by atoms with E-state index in [0.717, 1.165) is 38.1 Å². The van der Waals surface area contributed by atoms with Gasteiger partial charge in [-0.2, -0.15) is 0 Å². The molecule has 2 unspecified atom stereocenters. The zero-order valence-corrected chi connectivity index (χ0v) is 21.3. The van der Waals surface area contributed by atoms with Gasteiger partial charge in [0.15, 0.2) is 0 Å². The van der Waals surface area contributed by atoms with Gasteiger partial charge >= 0.3 is 185 Å². The Labute approximate surface area is 184 Å². The number of benzene rings is 2. The van der Waals surface area contributed by atoms with Crippen LogP contribution >= 0.6 is 17.0 Å². The van der Waals surface area contributed by atoms with Crippen molar-refractivity contribution in [2.45, 2.75) is 56.8 Å². The second-order valence-corrected chi connectivity index (χ2v) is 34.0. The van der Waals surface area contributed by atoms with E-state index in [1.54, 1.807) is 0 Å². The van der Waals surface area contributed by atoms with Gasteiger partial charge in [0.1, 0.15) is 0 Å². The van der Waals surface area contributed by atoms with Crippen LogP contribution in [-0.4, -0.2) is 0 Å². The predicted molar refractivity (Wildman–Crippen MR) is 127 cm³/mol. The number of rotatable bonds is 9. The molecule has 0 saturated heterocycles. The molecule has 0 nitrogen and oxygen atoms in total. The molecule has 0 aliphatic heterocycles. The summed E-state index contributed by atoms with van der Waals surface area (Å²) in [6.45, 7) is 2.22. The quantitative estimate of drug-likeness (QED) is 0.318. The Hall–Kier alpha value is -0.617. The zero-order valence-electron chi connectivity index (χ0n) is 17.3. The Balaban J connectivity index is 1.30. The summed E-state index contributed by atoms with van der Waals surface area (Å²) in [7, 11) is 14.6. The summed E-state index contributed by atoms with van der Waals surface area (Å²) in [6, 6.07) is 17.5. The van der Waals surface area contributed by atoms with Crippen molar-refractivity contribution < 1.29 is 16.4 Å². The molecule has 2 atom stereocenters. The van der Waals surface area contributed by atoms with E-state index in [2.05, 4.69) is 79.8 Å². The van der Waals surface area contributed by atoms with Crippen LogP contribution in [0, 0.1) is 0 Å². The monoisotopic (exact) mass is 503 g/mol. The third-order valence-electron chi connectivity index (χ3n) is 7.04. The van der Waals surface area contributed by atoms with Crippen LogP contribution in [0.5, 0.6) is 0 Å². The molecule has 153 valence electrons. The summed E-state index contributed by atoms with van der Waals surface area (Å²) in [5.74, 6) is 1.08. The standard InChI is InChI=1S/2C12H13.C2H5.2ClH.Zr/c2*1-2-5-10-8-9-11-6-3-4-7-12(10)11;1-2;;;/h2*3-4,6-10H,1-2,5H2;1H2,2H3;2*1H;/q;;;;;+2/p-2. The van der Waals surface area contributed by atoms with E-state index in [0.29, 0.717) is 11.8 Å². The van der Waals surface area contributed by atoms with E-state index in [9.17, 15) is 0 Å². The molecular weight excluding hydrogens is 474 g/mol. The molecule has 0 heterocycles. The van der Waals surface area contributed by atoms with E-state index in [1.807, 2.05) is 0 Å². The number of hydrogen-bond donors (Lipinski definition) is 0. The second kappa shape index (κ2) is 8.86. The normalized spacial score (nSPS) is 21.0. The van der Waals surface area contributed by atoms with Crippen molar-refractivity contribution in [3.63, 3.8) is 0 Å². The van der Waals surface area contributed by atoms with Crippen LogP contribution in [0.1, 0.15) is 66.7 Å². The van der Waals surface area contributed by atoms with Crippen molar-refractivity contribution in [2.24, 2.45) is 0 Å². The van der Waals surface area contributed by atoms with Gasteiger partial charge in [0.05, 0.1) is 0 Å². The van der Waals surface area contributed by atoms with Crippen molar-refractivity contribution in [2.75, 3.05) is 0 Å². The first-order chi connectivity index (χ1) is 14.0. The number of hydrogen-bond acceptors (Lipinski definition) is 0. The molecule has 0 fully saturated rings. The Kier molecular flexibility index (Phi) is 6.60. The molecular formula is C26H31Cl2Zr. The third-order valence-corrected chi connectivity index (χ3v) is 25.5. The molecule has 2 aromatic rings. The van der Waals surface area contributed by atoms with Crippen LogP contribution in [0.2, 0.25) is 12.4 Å². The van der Waals surface area contributed by atoms with Gasteiger partial charge in [-0.15, -0.1) is 0 Å². The van der Waals surface area contributed by atoms with Crippen LogP contribution in [0.3, 0.4) is 0 Å². The number of fused-ring (bicyclic) bond motifs is 2. The van der Waals surface area contributed by atoms with E-state index in [-0.39, 0.29) is 0 Å². The van der Waals surface area contributed by atoms with Crippen molar-refractivity contribution >= 4 is 29.2 Å². The first-order valence-corrected chi connectivity index (χ1v) is 22.6. The Bertz CT molecular complexity index is 856. The van der Waals surface area contributed by atoms with Gasteiger partial charge in [-0.1, -0.05) is 0 Å². The minimum absolute atomic E-state index is 0.538. The molecule has 0 amide bonds. The summed E-state index contributed by atoms with van der Waals surface area (Å²) >= 11 is -3.62. The zero-order chi connectivity index (χ0) is 20.3. The van der Waals surface area contributed by atoms with Gasteiger partial charge in [-0.25, -0.2) is 0 Å². The van der Waals surface area contributed by atoms with Gasteiger partial charge < -0.3 is 0 Å². The molecule has 0 bridgehead atoms. The van der Waals surface area contributed by atoms with Crippen LogP contribution in [0.25, 0.3) is 12.2 Å². The molecule has 4 rings (SSSR count). The summed E-state index contributed by atoms with van der Waals surface area (Å²) < 4.78 is 3.12. The van der Waals surface area contributed by atoms with Crippen molar-refractivity contribution in [1.29, 1.82) is 0 Å². The summed E-state index contributed by atoms with van der Waals surface area (Å²) in [5, 5.41) is 0. The molecule has 0 radical (unpaired) electrons. The topological polar surface area (TPSA) is 0 Å². The average Bonchev–Trinajstić information content (AvgIpc) is 3.33. The maximum absolute atomic E-state index is 7.29. The van der Waals surface area contributed by atoms with Gasteiger partial charge in [0.25, 0.3) is 0 Å². The Morgan fingerprint density at radius 3 is 1.62 bits per heavy atom. The fourth-order valence-corrected chi connectivity index (χ4v) is 15.3. The van der Waals surface area contributed by atoms with Gasteiger partial charge in [-0.3, -0.25) is 0 Å². The van der Waals surface area contributed by atoms with Crippen molar-refractivity contribution in [1.82, 2.24) is 0 Å². The maximum atomic E-state index is 7.29. The summed E-state index contributed by atoms with van der Waals surface area (Å²) in [4.78, 5) is 0. The Morgan fingerprint density at radius 1 is 0.724 bits per heavy atom. The molecule has 0 spiro atoms. The van der Waals surface area contributed by atoms with Gasteiger partial charge in [-0.05, 0) is 0 Å². The summed E-state index contributed by atoms with van der Waals surface area (Å²) in [6.07, 6.45) is 13.8. The van der Waals surface area contributed by atoms with Crippen LogP contribution < -0.4 is 0 Å². The van der Waals surface area contributed by atoms with E-state index in [4.69, 9.17) is 17.0 Å². The number of halogens is 2. The molecule has 3 heteroatoms. The van der Waals surface area contributed by atoms with Crippen LogP contribution in [-0.2, 0) is 16.4 Å². The molecule has 0 saturated carbocycles. The van der Waals surface area contributed by atoms with Crippen LogP contribution in [0.4, 0.5) is 0 Å². The Morgan fingerprint density at radius 2 is 1.17 bits per heavy atom. The molecule has 2 aliphatic carbocycles. The third kappa shape index (κ3) is 5.00. The van der Waals surface area contributed by atoms with Crippen molar-refractivity contribution in [3.05, 3.63) is 82.9 Å². The summed E-state index contributed by atoms with van der Waals surface area (Å²) in [5.41, 5.74) is 5.68. The SMILES string of the molecule is C[CH2][Zr]([Cl])([Cl])([CH2]CCC1C=Cc2ccccc21)[CH2]CCC1C=Cc2ccccc21.